The number of hydrogen-bond acceptors (Lipinski definition) is 6. The molecule has 0 bridgehead atoms. The highest BCUT2D eigenvalue weighted by Crippen LogP contribution is 2.30. The quantitative estimate of drug-likeness (QED) is 0.570. The Kier molecular flexibility index (Phi) is 6.18. The van der Waals surface area contributed by atoms with E-state index in [1.807, 2.05) is 36.6 Å². The van der Waals surface area contributed by atoms with E-state index in [1.165, 1.54) is 29.3 Å². The molecule has 0 radical (unpaired) electrons. The van der Waals surface area contributed by atoms with Gasteiger partial charge in [0.2, 0.25) is 5.91 Å². The number of hydrogen-bond donors (Lipinski definition) is 0. The summed E-state index contributed by atoms with van der Waals surface area (Å²) in [5.74, 6) is -0.361. The van der Waals surface area contributed by atoms with Gasteiger partial charge in [0.15, 0.2) is 0 Å². The molecule has 3 heterocycles. The van der Waals surface area contributed by atoms with E-state index < -0.39 is 0 Å². The molecule has 1 aliphatic heterocycles. The zero-order chi connectivity index (χ0) is 22.0. The molecule has 1 fully saturated rings. The Morgan fingerprint density at radius 3 is 2.58 bits per heavy atom. The third kappa shape index (κ3) is 4.39. The van der Waals surface area contributed by atoms with Crippen molar-refractivity contribution in [3.05, 3.63) is 51.9 Å². The number of benzene rings is 1. The first-order valence-corrected chi connectivity index (χ1v) is 11.2. The fourth-order valence-electron chi connectivity index (χ4n) is 3.98. The lowest BCUT2D eigenvalue weighted by molar-refractivity contribution is -0.148. The molecule has 1 amide bonds. The van der Waals surface area contributed by atoms with Crippen molar-refractivity contribution in [3.8, 4) is 11.1 Å². The summed E-state index contributed by atoms with van der Waals surface area (Å²) >= 11 is 1.45. The predicted molar refractivity (Wildman–Crippen MR) is 120 cm³/mol. The Labute approximate surface area is 184 Å². The van der Waals surface area contributed by atoms with Gasteiger partial charge in [0.05, 0.1) is 24.7 Å². The molecule has 0 aliphatic carbocycles. The molecule has 162 valence electrons. The molecule has 0 atom stereocenters. The number of fused-ring (bicyclic) bond motifs is 1. The lowest BCUT2D eigenvalue weighted by atomic mass is 9.97. The fourth-order valence-corrected chi connectivity index (χ4v) is 4.88. The highest BCUT2D eigenvalue weighted by atomic mass is 32.1. The minimum atomic E-state index is -0.210. The van der Waals surface area contributed by atoms with Gasteiger partial charge in [-0.1, -0.05) is 29.8 Å². The van der Waals surface area contributed by atoms with Gasteiger partial charge in [-0.05, 0) is 25.3 Å². The normalized spacial score (nSPS) is 14.7. The number of likely N-dealkylation sites (tertiary alicyclic amines) is 1. The smallest absolute Gasteiger partial charge is 0.308 e. The number of aromatic nitrogens is 2. The molecular weight excluding hydrogens is 414 g/mol. The Balaban J connectivity index is 1.47. The topological polar surface area (TPSA) is 81.5 Å². The number of esters is 1. The van der Waals surface area contributed by atoms with E-state index in [9.17, 15) is 14.4 Å². The number of thiophene rings is 1. The van der Waals surface area contributed by atoms with Gasteiger partial charge < -0.3 is 9.64 Å². The van der Waals surface area contributed by atoms with Crippen LogP contribution in [0.1, 0.15) is 24.8 Å². The molecule has 3 aromatic rings. The summed E-state index contributed by atoms with van der Waals surface area (Å²) in [5, 5.41) is 2.56. The largest absolute Gasteiger partial charge is 0.469 e. The van der Waals surface area contributed by atoms with Crippen LogP contribution in [0.2, 0.25) is 0 Å². The summed E-state index contributed by atoms with van der Waals surface area (Å²) in [7, 11) is 1.39. The molecule has 4 rings (SSSR count). The maximum Gasteiger partial charge on any atom is 0.308 e. The average Bonchev–Trinajstić information content (AvgIpc) is 3.23. The van der Waals surface area contributed by atoms with Crippen molar-refractivity contribution in [1.29, 1.82) is 0 Å². The number of amides is 1. The Hall–Kier alpha value is -3.00. The third-order valence-corrected chi connectivity index (χ3v) is 6.76. The number of nitrogens with zero attached hydrogens (tertiary/aromatic N) is 3. The molecule has 2 aromatic heterocycles. The second-order valence-electron chi connectivity index (χ2n) is 7.87. The Bertz CT molecular complexity index is 1160. The van der Waals surface area contributed by atoms with Gasteiger partial charge >= 0.3 is 5.97 Å². The van der Waals surface area contributed by atoms with E-state index >= 15 is 0 Å². The summed E-state index contributed by atoms with van der Waals surface area (Å²) < 4.78 is 6.31. The third-order valence-electron chi connectivity index (χ3n) is 5.87. The van der Waals surface area contributed by atoms with E-state index in [4.69, 9.17) is 4.74 Å². The van der Waals surface area contributed by atoms with Crippen molar-refractivity contribution in [3.63, 3.8) is 0 Å². The van der Waals surface area contributed by atoms with Crippen LogP contribution in [0.15, 0.2) is 40.8 Å². The maximum absolute atomic E-state index is 13.1. The van der Waals surface area contributed by atoms with Crippen LogP contribution in [0.25, 0.3) is 21.3 Å². The second kappa shape index (κ2) is 9.01. The fraction of sp³-hybridized carbons (Fsp3) is 0.391. The van der Waals surface area contributed by atoms with E-state index in [0.29, 0.717) is 36.1 Å². The molecule has 31 heavy (non-hydrogen) atoms. The van der Waals surface area contributed by atoms with Gasteiger partial charge in [-0.25, -0.2) is 4.98 Å². The summed E-state index contributed by atoms with van der Waals surface area (Å²) in [6.45, 7) is 3.37. The Morgan fingerprint density at radius 2 is 1.90 bits per heavy atom. The summed E-state index contributed by atoms with van der Waals surface area (Å²) in [5.41, 5.74) is 2.90. The van der Waals surface area contributed by atoms with E-state index in [-0.39, 0.29) is 36.3 Å². The molecule has 1 saturated heterocycles. The molecule has 0 N–H and O–H groups in total. The SMILES string of the molecule is COC(=O)C1CCN(C(=O)CCn2cnc3scc(-c4ccc(C)cc4)c3c2=O)CC1. The van der Waals surface area contributed by atoms with Gasteiger partial charge in [-0.15, -0.1) is 11.3 Å². The first kappa shape index (κ1) is 21.2. The van der Waals surface area contributed by atoms with Crippen LogP contribution in [-0.4, -0.2) is 46.5 Å². The average molecular weight is 440 g/mol. The highest BCUT2D eigenvalue weighted by Gasteiger charge is 2.27. The second-order valence-corrected chi connectivity index (χ2v) is 8.72. The molecule has 0 unspecified atom stereocenters. The summed E-state index contributed by atoms with van der Waals surface area (Å²) in [4.78, 5) is 44.3. The summed E-state index contributed by atoms with van der Waals surface area (Å²) in [6, 6.07) is 8.07. The number of rotatable bonds is 5. The Morgan fingerprint density at radius 1 is 1.19 bits per heavy atom. The number of methoxy groups -OCH3 is 1. The van der Waals surface area contributed by atoms with Gasteiger partial charge in [0, 0.05) is 37.0 Å². The molecule has 7 nitrogen and oxygen atoms in total. The van der Waals surface area contributed by atoms with Crippen molar-refractivity contribution in [2.45, 2.75) is 32.7 Å². The number of ether oxygens (including phenoxy) is 1. The molecule has 8 heteroatoms. The van der Waals surface area contributed by atoms with Crippen molar-refractivity contribution in [2.24, 2.45) is 5.92 Å². The highest BCUT2D eigenvalue weighted by molar-refractivity contribution is 7.17. The van der Waals surface area contributed by atoms with E-state index in [1.54, 1.807) is 4.90 Å². The predicted octanol–water partition coefficient (Wildman–Crippen LogP) is 3.24. The monoisotopic (exact) mass is 439 g/mol. The van der Waals surface area contributed by atoms with Crippen LogP contribution < -0.4 is 5.56 Å². The van der Waals surface area contributed by atoms with Crippen LogP contribution in [0.4, 0.5) is 0 Å². The van der Waals surface area contributed by atoms with Gasteiger partial charge in [-0.3, -0.25) is 19.0 Å². The minimum absolute atomic E-state index is 0.0145. The number of piperidine rings is 1. The van der Waals surface area contributed by atoms with Crippen LogP contribution in [-0.2, 0) is 20.9 Å². The van der Waals surface area contributed by atoms with Crippen molar-refractivity contribution in [1.82, 2.24) is 14.5 Å². The van der Waals surface area contributed by atoms with Gasteiger partial charge in [-0.2, -0.15) is 0 Å². The van der Waals surface area contributed by atoms with Crippen molar-refractivity contribution in [2.75, 3.05) is 20.2 Å². The zero-order valence-corrected chi connectivity index (χ0v) is 18.5. The number of aryl methyl sites for hydroxylation is 2. The first-order valence-electron chi connectivity index (χ1n) is 10.4. The maximum atomic E-state index is 13.1. The number of carbonyl (C=O) groups is 2. The minimum Gasteiger partial charge on any atom is -0.469 e. The molecule has 1 aliphatic rings. The lowest BCUT2D eigenvalue weighted by Crippen LogP contribution is -2.41. The zero-order valence-electron chi connectivity index (χ0n) is 17.7. The molecule has 0 spiro atoms. The van der Waals surface area contributed by atoms with Gasteiger partial charge in [0.1, 0.15) is 4.83 Å². The lowest BCUT2D eigenvalue weighted by Gasteiger charge is -2.30. The van der Waals surface area contributed by atoms with E-state index in [2.05, 4.69) is 4.98 Å². The van der Waals surface area contributed by atoms with Crippen molar-refractivity contribution >= 4 is 33.4 Å². The molecular formula is C23H25N3O4S. The van der Waals surface area contributed by atoms with Gasteiger partial charge in [0.25, 0.3) is 5.56 Å². The van der Waals surface area contributed by atoms with E-state index in [0.717, 1.165) is 16.7 Å². The van der Waals surface area contributed by atoms with Crippen LogP contribution in [0, 0.1) is 12.8 Å². The van der Waals surface area contributed by atoms with Crippen molar-refractivity contribution < 1.29 is 14.3 Å². The van der Waals surface area contributed by atoms with Crippen LogP contribution in [0.5, 0.6) is 0 Å². The standard InChI is InChI=1S/C23H25N3O4S/c1-15-3-5-16(6-4-15)18-13-31-21-20(18)22(28)26(14-24-21)12-9-19(27)25-10-7-17(8-11-25)23(29)30-2/h3-6,13-14,17H,7-12H2,1-2H3. The number of carbonyl (C=O) groups excluding carboxylic acids is 2. The first-order chi connectivity index (χ1) is 15.0. The molecule has 1 aromatic carbocycles. The molecule has 0 saturated carbocycles. The summed E-state index contributed by atoms with van der Waals surface area (Å²) in [6.07, 6.45) is 2.97. The van der Waals surface area contributed by atoms with Crippen LogP contribution in [0.3, 0.4) is 0 Å². The van der Waals surface area contributed by atoms with Crippen LogP contribution >= 0.6 is 11.3 Å².